The molecule has 14 heavy (non-hydrogen) atoms. The second-order valence-electron chi connectivity index (χ2n) is 3.50. The number of Topliss-reactive ketones (excluding diaryl/α,β-unsaturated/α-hetero) is 1. The van der Waals surface area contributed by atoms with E-state index in [4.69, 9.17) is 6.42 Å². The van der Waals surface area contributed by atoms with E-state index in [1.165, 1.54) is 5.56 Å². The fourth-order valence-corrected chi connectivity index (χ4v) is 1.36. The molecule has 0 atom stereocenters. The number of terminal acetylenes is 1. The molecule has 72 valence electrons. The summed E-state index contributed by atoms with van der Waals surface area (Å²) in [5, 5.41) is 0. The van der Waals surface area contributed by atoms with E-state index in [1.807, 2.05) is 19.1 Å². The van der Waals surface area contributed by atoms with Crippen LogP contribution in [0.5, 0.6) is 0 Å². The van der Waals surface area contributed by atoms with E-state index in [0.29, 0.717) is 6.42 Å². The molecule has 1 aromatic rings. The van der Waals surface area contributed by atoms with Crippen molar-refractivity contribution in [2.24, 2.45) is 0 Å². The SMILES string of the molecule is C#Cc1ccc(CCC(C)=O)cc1C. The first-order chi connectivity index (χ1) is 6.63. The van der Waals surface area contributed by atoms with E-state index >= 15 is 0 Å². The van der Waals surface area contributed by atoms with Gasteiger partial charge in [0.15, 0.2) is 0 Å². The van der Waals surface area contributed by atoms with Gasteiger partial charge in [0, 0.05) is 12.0 Å². The lowest BCUT2D eigenvalue weighted by Gasteiger charge is -2.03. The minimum Gasteiger partial charge on any atom is -0.300 e. The molecule has 1 rings (SSSR count). The molecule has 0 saturated heterocycles. The average molecular weight is 186 g/mol. The van der Waals surface area contributed by atoms with Crippen LogP contribution in [0.25, 0.3) is 0 Å². The summed E-state index contributed by atoms with van der Waals surface area (Å²) in [5.74, 6) is 2.85. The predicted octanol–water partition coefficient (Wildman–Crippen LogP) is 2.50. The summed E-state index contributed by atoms with van der Waals surface area (Å²) >= 11 is 0. The van der Waals surface area contributed by atoms with Gasteiger partial charge >= 0.3 is 0 Å². The zero-order valence-corrected chi connectivity index (χ0v) is 8.63. The molecule has 0 aliphatic carbocycles. The highest BCUT2D eigenvalue weighted by atomic mass is 16.1. The molecule has 0 aromatic heterocycles. The predicted molar refractivity (Wildman–Crippen MR) is 58.1 cm³/mol. The molecule has 0 fully saturated rings. The van der Waals surface area contributed by atoms with Crippen LogP contribution in [-0.4, -0.2) is 5.78 Å². The quantitative estimate of drug-likeness (QED) is 0.663. The summed E-state index contributed by atoms with van der Waals surface area (Å²) in [6.07, 6.45) is 6.73. The summed E-state index contributed by atoms with van der Waals surface area (Å²) in [5.41, 5.74) is 3.21. The van der Waals surface area contributed by atoms with Crippen LogP contribution in [0.15, 0.2) is 18.2 Å². The number of carbonyl (C=O) groups is 1. The summed E-state index contributed by atoms with van der Waals surface area (Å²) < 4.78 is 0. The molecule has 0 aliphatic heterocycles. The van der Waals surface area contributed by atoms with Crippen LogP contribution in [0.1, 0.15) is 30.0 Å². The zero-order valence-electron chi connectivity index (χ0n) is 8.63. The Morgan fingerprint density at radius 3 is 2.71 bits per heavy atom. The van der Waals surface area contributed by atoms with Crippen LogP contribution in [0.3, 0.4) is 0 Å². The summed E-state index contributed by atoms with van der Waals surface area (Å²) in [6.45, 7) is 3.61. The number of hydrogen-bond donors (Lipinski definition) is 0. The van der Waals surface area contributed by atoms with E-state index in [-0.39, 0.29) is 5.78 Å². The maximum atomic E-state index is 10.8. The van der Waals surface area contributed by atoms with E-state index in [2.05, 4.69) is 12.0 Å². The van der Waals surface area contributed by atoms with Crippen molar-refractivity contribution < 1.29 is 4.79 Å². The lowest BCUT2D eigenvalue weighted by atomic mass is 10.0. The van der Waals surface area contributed by atoms with Gasteiger partial charge in [0.05, 0.1) is 0 Å². The minimum absolute atomic E-state index is 0.226. The van der Waals surface area contributed by atoms with Crippen LogP contribution >= 0.6 is 0 Å². The van der Waals surface area contributed by atoms with Gasteiger partial charge in [0.2, 0.25) is 0 Å². The van der Waals surface area contributed by atoms with E-state index in [0.717, 1.165) is 17.5 Å². The third kappa shape index (κ3) is 2.74. The molecule has 1 aromatic carbocycles. The Morgan fingerprint density at radius 2 is 2.21 bits per heavy atom. The maximum absolute atomic E-state index is 10.8. The molecule has 0 unspecified atom stereocenters. The van der Waals surface area contributed by atoms with Crippen molar-refractivity contribution in [1.29, 1.82) is 0 Å². The van der Waals surface area contributed by atoms with Gasteiger partial charge < -0.3 is 4.79 Å². The topological polar surface area (TPSA) is 17.1 Å². The Bertz CT molecular complexity index is 383. The van der Waals surface area contributed by atoms with Gasteiger partial charge in [0.25, 0.3) is 0 Å². The van der Waals surface area contributed by atoms with Crippen molar-refractivity contribution in [2.45, 2.75) is 26.7 Å². The number of aryl methyl sites for hydroxylation is 2. The molecule has 0 spiro atoms. The molecule has 0 bridgehead atoms. The van der Waals surface area contributed by atoms with Crippen molar-refractivity contribution in [2.75, 3.05) is 0 Å². The van der Waals surface area contributed by atoms with Crippen molar-refractivity contribution in [3.8, 4) is 12.3 Å². The molecular formula is C13H14O. The van der Waals surface area contributed by atoms with Gasteiger partial charge in [-0.3, -0.25) is 0 Å². The monoisotopic (exact) mass is 186 g/mol. The average Bonchev–Trinajstić information content (AvgIpc) is 2.15. The lowest BCUT2D eigenvalue weighted by molar-refractivity contribution is -0.116. The Morgan fingerprint density at radius 1 is 1.50 bits per heavy atom. The van der Waals surface area contributed by atoms with Crippen LogP contribution in [-0.2, 0) is 11.2 Å². The van der Waals surface area contributed by atoms with Gasteiger partial charge in [-0.15, -0.1) is 6.42 Å². The van der Waals surface area contributed by atoms with Gasteiger partial charge in [-0.05, 0) is 37.5 Å². The Kier molecular flexibility index (Phi) is 3.48. The van der Waals surface area contributed by atoms with E-state index in [9.17, 15) is 4.79 Å². The normalized spacial score (nSPS) is 9.50. The molecule has 0 aliphatic rings. The van der Waals surface area contributed by atoms with Crippen LogP contribution < -0.4 is 0 Å². The highest BCUT2D eigenvalue weighted by Crippen LogP contribution is 2.11. The van der Waals surface area contributed by atoms with Gasteiger partial charge in [-0.25, -0.2) is 0 Å². The highest BCUT2D eigenvalue weighted by molar-refractivity contribution is 5.75. The standard InChI is InChI=1S/C13H14O/c1-4-13-8-7-12(9-10(13)2)6-5-11(3)14/h1,7-9H,5-6H2,2-3H3. The van der Waals surface area contributed by atoms with Gasteiger partial charge in [0.1, 0.15) is 5.78 Å². The lowest BCUT2D eigenvalue weighted by Crippen LogP contribution is -1.95. The number of ketones is 1. The minimum atomic E-state index is 0.226. The highest BCUT2D eigenvalue weighted by Gasteiger charge is 1.99. The second kappa shape index (κ2) is 4.62. The fraction of sp³-hybridized carbons (Fsp3) is 0.308. The smallest absolute Gasteiger partial charge is 0.130 e. The third-order valence-corrected chi connectivity index (χ3v) is 2.21. The maximum Gasteiger partial charge on any atom is 0.130 e. The van der Waals surface area contributed by atoms with Crippen LogP contribution in [0.4, 0.5) is 0 Å². The Hall–Kier alpha value is -1.55. The van der Waals surface area contributed by atoms with Crippen molar-refractivity contribution in [3.63, 3.8) is 0 Å². The first-order valence-electron chi connectivity index (χ1n) is 4.69. The largest absolute Gasteiger partial charge is 0.300 e. The van der Waals surface area contributed by atoms with Crippen molar-refractivity contribution in [3.05, 3.63) is 34.9 Å². The number of carbonyl (C=O) groups excluding carboxylic acids is 1. The Balaban J connectivity index is 2.77. The Labute approximate surface area is 85.1 Å². The first kappa shape index (κ1) is 10.5. The van der Waals surface area contributed by atoms with Crippen LogP contribution in [0, 0.1) is 19.3 Å². The first-order valence-corrected chi connectivity index (χ1v) is 4.69. The third-order valence-electron chi connectivity index (χ3n) is 2.21. The molecular weight excluding hydrogens is 172 g/mol. The molecule has 0 N–H and O–H groups in total. The number of hydrogen-bond acceptors (Lipinski definition) is 1. The number of rotatable bonds is 3. The van der Waals surface area contributed by atoms with Crippen LogP contribution in [0.2, 0.25) is 0 Å². The van der Waals surface area contributed by atoms with Crippen molar-refractivity contribution in [1.82, 2.24) is 0 Å². The summed E-state index contributed by atoms with van der Waals surface area (Å²) in [4.78, 5) is 10.8. The number of benzene rings is 1. The summed E-state index contributed by atoms with van der Waals surface area (Å²) in [7, 11) is 0. The molecule has 0 heterocycles. The fourth-order valence-electron chi connectivity index (χ4n) is 1.36. The van der Waals surface area contributed by atoms with E-state index < -0.39 is 0 Å². The molecule has 0 radical (unpaired) electrons. The van der Waals surface area contributed by atoms with Gasteiger partial charge in [-0.1, -0.05) is 18.1 Å². The molecule has 1 heteroatoms. The van der Waals surface area contributed by atoms with Crippen molar-refractivity contribution >= 4 is 5.78 Å². The molecule has 0 amide bonds. The molecule has 0 saturated carbocycles. The van der Waals surface area contributed by atoms with Gasteiger partial charge in [-0.2, -0.15) is 0 Å². The van der Waals surface area contributed by atoms with E-state index in [1.54, 1.807) is 6.92 Å². The molecule has 1 nitrogen and oxygen atoms in total. The zero-order chi connectivity index (χ0) is 10.6. The summed E-state index contributed by atoms with van der Waals surface area (Å²) in [6, 6.07) is 5.98. The second-order valence-corrected chi connectivity index (χ2v) is 3.50.